The first-order chi connectivity index (χ1) is 7.08. The van der Waals surface area contributed by atoms with Gasteiger partial charge in [0.05, 0.1) is 0 Å². The number of piperazine rings is 1. The largest absolute Gasteiger partial charge is 0.335 e. The highest BCUT2D eigenvalue weighted by Crippen LogP contribution is 2.20. The van der Waals surface area contributed by atoms with Gasteiger partial charge in [0.2, 0.25) is 0 Å². The Kier molecular flexibility index (Phi) is 2.87. The van der Waals surface area contributed by atoms with Gasteiger partial charge in [-0.05, 0) is 33.7 Å². The van der Waals surface area contributed by atoms with Crippen LogP contribution in [0.2, 0.25) is 0 Å². The maximum atomic E-state index is 11.8. The lowest BCUT2D eigenvalue weighted by molar-refractivity contribution is 0.0769. The number of urea groups is 1. The molecule has 2 atom stereocenters. The van der Waals surface area contributed by atoms with Crippen LogP contribution in [-0.4, -0.2) is 54.1 Å². The van der Waals surface area contributed by atoms with Gasteiger partial charge in [-0.1, -0.05) is 0 Å². The molecule has 2 rings (SSSR count). The molecule has 2 unspecified atom stereocenters. The molecule has 1 N–H and O–H groups in total. The zero-order valence-electron chi connectivity index (χ0n) is 9.86. The van der Waals surface area contributed by atoms with E-state index >= 15 is 0 Å². The molecule has 0 spiro atoms. The summed E-state index contributed by atoms with van der Waals surface area (Å²) in [5.74, 6) is 0. The fraction of sp³-hybridized carbons (Fsp3) is 0.909. The van der Waals surface area contributed by atoms with E-state index in [1.54, 1.807) is 0 Å². The van der Waals surface area contributed by atoms with E-state index in [0.717, 1.165) is 25.9 Å². The predicted molar refractivity (Wildman–Crippen MR) is 59.8 cm³/mol. The predicted octanol–water partition coefficient (Wildman–Crippen LogP) is 0.883. The SMILES string of the molecule is CC1CN(C(=O)NC2CC2)CC(C)N1C. The maximum absolute atomic E-state index is 11.8. The third-order valence-electron chi connectivity index (χ3n) is 3.55. The Labute approximate surface area is 91.6 Å². The summed E-state index contributed by atoms with van der Waals surface area (Å²) < 4.78 is 0. The number of carbonyl (C=O) groups is 1. The van der Waals surface area contributed by atoms with Crippen molar-refractivity contribution in [2.45, 2.75) is 44.8 Å². The fourth-order valence-corrected chi connectivity index (χ4v) is 2.06. The van der Waals surface area contributed by atoms with Gasteiger partial charge >= 0.3 is 6.03 Å². The number of nitrogens with one attached hydrogen (secondary N) is 1. The molecule has 0 bridgehead atoms. The first kappa shape index (κ1) is 10.7. The Hall–Kier alpha value is -0.770. The Morgan fingerprint density at radius 1 is 1.20 bits per heavy atom. The van der Waals surface area contributed by atoms with Gasteiger partial charge in [-0.25, -0.2) is 4.79 Å². The number of amides is 2. The lowest BCUT2D eigenvalue weighted by Gasteiger charge is -2.42. The van der Waals surface area contributed by atoms with E-state index in [9.17, 15) is 4.79 Å². The Morgan fingerprint density at radius 3 is 2.20 bits per heavy atom. The van der Waals surface area contributed by atoms with Crippen LogP contribution >= 0.6 is 0 Å². The number of hydrogen-bond acceptors (Lipinski definition) is 2. The summed E-state index contributed by atoms with van der Waals surface area (Å²) in [4.78, 5) is 16.1. The van der Waals surface area contributed by atoms with Gasteiger partial charge in [-0.3, -0.25) is 4.90 Å². The second kappa shape index (κ2) is 4.00. The van der Waals surface area contributed by atoms with Crippen molar-refractivity contribution in [1.82, 2.24) is 15.1 Å². The molecule has 0 aromatic rings. The minimum atomic E-state index is 0.129. The second-order valence-electron chi connectivity index (χ2n) is 4.99. The monoisotopic (exact) mass is 211 g/mol. The van der Waals surface area contributed by atoms with Crippen molar-refractivity contribution in [2.75, 3.05) is 20.1 Å². The molecule has 0 radical (unpaired) electrons. The van der Waals surface area contributed by atoms with Crippen molar-refractivity contribution in [3.63, 3.8) is 0 Å². The topological polar surface area (TPSA) is 35.6 Å². The van der Waals surface area contributed by atoms with Crippen molar-refractivity contribution >= 4 is 6.03 Å². The summed E-state index contributed by atoms with van der Waals surface area (Å²) in [5.41, 5.74) is 0. The molecule has 1 aliphatic carbocycles. The molecular weight excluding hydrogens is 190 g/mol. The average molecular weight is 211 g/mol. The Balaban J connectivity index is 1.89. The number of carbonyl (C=O) groups excluding carboxylic acids is 1. The normalized spacial score (nSPS) is 32.9. The number of rotatable bonds is 1. The van der Waals surface area contributed by atoms with Crippen LogP contribution in [0.5, 0.6) is 0 Å². The number of likely N-dealkylation sites (N-methyl/N-ethyl adjacent to an activating group) is 1. The average Bonchev–Trinajstić information content (AvgIpc) is 2.97. The molecule has 0 aromatic heterocycles. The van der Waals surface area contributed by atoms with Crippen molar-refractivity contribution < 1.29 is 4.79 Å². The molecular formula is C11H21N3O. The molecule has 4 nitrogen and oxygen atoms in total. The summed E-state index contributed by atoms with van der Waals surface area (Å²) >= 11 is 0. The van der Waals surface area contributed by atoms with Gasteiger partial charge in [-0.15, -0.1) is 0 Å². The van der Waals surface area contributed by atoms with Crippen molar-refractivity contribution in [3.8, 4) is 0 Å². The van der Waals surface area contributed by atoms with E-state index in [2.05, 4.69) is 31.1 Å². The van der Waals surface area contributed by atoms with Gasteiger partial charge in [0.25, 0.3) is 0 Å². The van der Waals surface area contributed by atoms with Gasteiger partial charge in [0, 0.05) is 31.2 Å². The van der Waals surface area contributed by atoms with Crippen LogP contribution in [0.25, 0.3) is 0 Å². The molecule has 0 aromatic carbocycles. The van der Waals surface area contributed by atoms with Crippen LogP contribution in [0.1, 0.15) is 26.7 Å². The van der Waals surface area contributed by atoms with E-state index in [1.165, 1.54) is 0 Å². The van der Waals surface area contributed by atoms with E-state index < -0.39 is 0 Å². The highest BCUT2D eigenvalue weighted by Gasteiger charge is 2.31. The molecule has 1 saturated heterocycles. The minimum absolute atomic E-state index is 0.129. The van der Waals surface area contributed by atoms with Crippen LogP contribution < -0.4 is 5.32 Å². The second-order valence-corrected chi connectivity index (χ2v) is 4.99. The minimum Gasteiger partial charge on any atom is -0.335 e. The molecule has 1 aliphatic heterocycles. The molecule has 2 aliphatic rings. The first-order valence-electron chi connectivity index (χ1n) is 5.85. The highest BCUT2D eigenvalue weighted by molar-refractivity contribution is 5.75. The van der Waals surface area contributed by atoms with E-state index in [0.29, 0.717) is 18.1 Å². The molecule has 15 heavy (non-hydrogen) atoms. The van der Waals surface area contributed by atoms with Gasteiger partial charge in [0.1, 0.15) is 0 Å². The van der Waals surface area contributed by atoms with Crippen LogP contribution in [0.4, 0.5) is 4.79 Å². The van der Waals surface area contributed by atoms with E-state index in [4.69, 9.17) is 0 Å². The summed E-state index contributed by atoms with van der Waals surface area (Å²) in [6, 6.07) is 1.50. The van der Waals surface area contributed by atoms with E-state index in [1.807, 2.05) is 4.90 Å². The Morgan fingerprint density at radius 2 is 1.73 bits per heavy atom. The van der Waals surface area contributed by atoms with Crippen LogP contribution in [0.15, 0.2) is 0 Å². The molecule has 2 amide bonds. The van der Waals surface area contributed by atoms with Crippen molar-refractivity contribution in [3.05, 3.63) is 0 Å². The molecule has 1 saturated carbocycles. The summed E-state index contributed by atoms with van der Waals surface area (Å²) in [5, 5.41) is 3.05. The first-order valence-corrected chi connectivity index (χ1v) is 5.85. The maximum Gasteiger partial charge on any atom is 0.317 e. The quantitative estimate of drug-likeness (QED) is 0.699. The van der Waals surface area contributed by atoms with Gasteiger partial charge in [-0.2, -0.15) is 0 Å². The summed E-state index contributed by atoms with van der Waals surface area (Å²) in [6.45, 7) is 6.04. The van der Waals surface area contributed by atoms with Crippen LogP contribution in [0, 0.1) is 0 Å². The summed E-state index contributed by atoms with van der Waals surface area (Å²) in [6.07, 6.45) is 2.31. The zero-order chi connectivity index (χ0) is 11.0. The lowest BCUT2D eigenvalue weighted by Crippen LogP contribution is -2.58. The lowest BCUT2D eigenvalue weighted by atomic mass is 10.1. The smallest absolute Gasteiger partial charge is 0.317 e. The molecule has 4 heteroatoms. The molecule has 2 fully saturated rings. The van der Waals surface area contributed by atoms with Gasteiger partial charge in [0.15, 0.2) is 0 Å². The van der Waals surface area contributed by atoms with Gasteiger partial charge < -0.3 is 10.2 Å². The number of nitrogens with zero attached hydrogens (tertiary/aromatic N) is 2. The molecule has 1 heterocycles. The third-order valence-corrected chi connectivity index (χ3v) is 3.55. The van der Waals surface area contributed by atoms with Crippen LogP contribution in [-0.2, 0) is 0 Å². The summed E-state index contributed by atoms with van der Waals surface area (Å²) in [7, 11) is 2.13. The van der Waals surface area contributed by atoms with E-state index in [-0.39, 0.29) is 6.03 Å². The fourth-order valence-electron chi connectivity index (χ4n) is 2.06. The Bertz CT molecular complexity index is 240. The standard InChI is InChI=1S/C11H21N3O/c1-8-6-14(7-9(2)13(8)3)11(15)12-10-4-5-10/h8-10H,4-7H2,1-3H3,(H,12,15). The van der Waals surface area contributed by atoms with Crippen molar-refractivity contribution in [1.29, 1.82) is 0 Å². The molecule has 86 valence electrons. The van der Waals surface area contributed by atoms with Crippen molar-refractivity contribution in [2.24, 2.45) is 0 Å². The third kappa shape index (κ3) is 2.43. The zero-order valence-corrected chi connectivity index (χ0v) is 9.86. The highest BCUT2D eigenvalue weighted by atomic mass is 16.2. The number of hydrogen-bond donors (Lipinski definition) is 1. The van der Waals surface area contributed by atoms with Crippen LogP contribution in [0.3, 0.4) is 0 Å².